The van der Waals surface area contributed by atoms with E-state index in [4.69, 9.17) is 11.6 Å². The summed E-state index contributed by atoms with van der Waals surface area (Å²) < 4.78 is 0. The zero-order valence-corrected chi connectivity index (χ0v) is 12.3. The van der Waals surface area contributed by atoms with Crippen LogP contribution >= 0.6 is 11.6 Å². The van der Waals surface area contributed by atoms with Crippen molar-refractivity contribution in [3.63, 3.8) is 0 Å². The lowest BCUT2D eigenvalue weighted by molar-refractivity contribution is 0.447. The van der Waals surface area contributed by atoms with E-state index in [2.05, 4.69) is 42.6 Å². The molecule has 1 unspecified atom stereocenters. The van der Waals surface area contributed by atoms with Crippen LogP contribution in [0.5, 0.6) is 0 Å². The van der Waals surface area contributed by atoms with Gasteiger partial charge in [-0.15, -0.1) is 11.6 Å². The maximum atomic E-state index is 5.78. The van der Waals surface area contributed by atoms with E-state index < -0.39 is 0 Å². The first kappa shape index (κ1) is 15.5. The Morgan fingerprint density at radius 2 is 1.94 bits per heavy atom. The van der Waals surface area contributed by atoms with Crippen molar-refractivity contribution >= 4 is 11.6 Å². The highest BCUT2D eigenvalue weighted by Crippen LogP contribution is 2.08. The number of rotatable bonds is 10. The monoisotopic (exact) mass is 267 g/mol. The Morgan fingerprint density at radius 1 is 1.17 bits per heavy atom. The first-order valence-corrected chi connectivity index (χ1v) is 7.70. The Labute approximate surface area is 117 Å². The van der Waals surface area contributed by atoms with Crippen molar-refractivity contribution in [3.8, 4) is 0 Å². The number of hydrogen-bond donors (Lipinski definition) is 1. The molecule has 1 aromatic rings. The van der Waals surface area contributed by atoms with E-state index in [0.29, 0.717) is 0 Å². The van der Waals surface area contributed by atoms with Gasteiger partial charge in [0.25, 0.3) is 0 Å². The number of halogens is 1. The zero-order valence-electron chi connectivity index (χ0n) is 11.5. The van der Waals surface area contributed by atoms with Gasteiger partial charge >= 0.3 is 0 Å². The summed E-state index contributed by atoms with van der Waals surface area (Å²) in [6.07, 6.45) is 6.08. The molecule has 0 spiro atoms. The maximum Gasteiger partial charge on any atom is 0.0226 e. The van der Waals surface area contributed by atoms with E-state index in [1.807, 2.05) is 0 Å². The summed E-state index contributed by atoms with van der Waals surface area (Å²) in [6.45, 7) is 4.49. The van der Waals surface area contributed by atoms with Gasteiger partial charge in [0.2, 0.25) is 0 Å². The molecule has 0 aromatic heterocycles. The van der Waals surface area contributed by atoms with E-state index in [1.54, 1.807) is 0 Å². The van der Waals surface area contributed by atoms with E-state index in [9.17, 15) is 0 Å². The lowest BCUT2D eigenvalue weighted by Gasteiger charge is -2.14. The van der Waals surface area contributed by atoms with Crippen LogP contribution in [0.25, 0.3) is 0 Å². The van der Waals surface area contributed by atoms with Gasteiger partial charge in [-0.2, -0.15) is 0 Å². The van der Waals surface area contributed by atoms with Gasteiger partial charge in [0.05, 0.1) is 0 Å². The summed E-state index contributed by atoms with van der Waals surface area (Å²) in [7, 11) is 0. The predicted octanol–water partition coefficient (Wildman–Crippen LogP) is 4.25. The Hall–Kier alpha value is -0.530. The van der Waals surface area contributed by atoms with Gasteiger partial charge in [-0.05, 0) is 50.3 Å². The standard InChI is InChI=1S/C16H26ClN/c1-2-15(11-12-17)14-18-13-7-6-10-16-8-4-3-5-9-16/h3-5,8-9,15,18H,2,6-7,10-14H2,1H3. The molecule has 0 heterocycles. The van der Waals surface area contributed by atoms with Gasteiger partial charge in [0.15, 0.2) is 0 Å². The molecule has 1 aromatic carbocycles. The largest absolute Gasteiger partial charge is 0.316 e. The number of hydrogen-bond acceptors (Lipinski definition) is 1. The number of nitrogens with one attached hydrogen (secondary N) is 1. The molecule has 0 bridgehead atoms. The van der Waals surface area contributed by atoms with E-state index in [-0.39, 0.29) is 0 Å². The second kappa shape index (κ2) is 10.4. The fraction of sp³-hybridized carbons (Fsp3) is 0.625. The van der Waals surface area contributed by atoms with Gasteiger partial charge in [0, 0.05) is 5.88 Å². The molecule has 1 nitrogen and oxygen atoms in total. The van der Waals surface area contributed by atoms with Crippen LogP contribution in [-0.2, 0) is 6.42 Å². The third kappa shape index (κ3) is 7.03. The number of benzene rings is 1. The number of alkyl halides is 1. The molecule has 1 atom stereocenters. The molecule has 1 rings (SSSR count). The maximum absolute atomic E-state index is 5.78. The minimum absolute atomic E-state index is 0.747. The molecule has 0 aliphatic carbocycles. The van der Waals surface area contributed by atoms with Crippen LogP contribution in [-0.4, -0.2) is 19.0 Å². The van der Waals surface area contributed by atoms with Crippen molar-refractivity contribution in [1.82, 2.24) is 5.32 Å². The SMILES string of the molecule is CCC(CCCl)CNCCCCc1ccccc1. The molecular weight excluding hydrogens is 242 g/mol. The third-order valence-corrected chi connectivity index (χ3v) is 3.66. The third-order valence-electron chi connectivity index (χ3n) is 3.44. The molecule has 2 heteroatoms. The predicted molar refractivity (Wildman–Crippen MR) is 81.4 cm³/mol. The average molecular weight is 268 g/mol. The normalized spacial score (nSPS) is 12.6. The highest BCUT2D eigenvalue weighted by molar-refractivity contribution is 6.17. The lowest BCUT2D eigenvalue weighted by Crippen LogP contribution is -2.24. The van der Waals surface area contributed by atoms with E-state index >= 15 is 0 Å². The van der Waals surface area contributed by atoms with Crippen molar-refractivity contribution < 1.29 is 0 Å². The van der Waals surface area contributed by atoms with Crippen LogP contribution in [0.3, 0.4) is 0 Å². The first-order valence-electron chi connectivity index (χ1n) is 7.17. The molecule has 0 aliphatic heterocycles. The minimum Gasteiger partial charge on any atom is -0.316 e. The molecular formula is C16H26ClN. The van der Waals surface area contributed by atoms with Crippen molar-refractivity contribution in [2.45, 2.75) is 39.0 Å². The quantitative estimate of drug-likeness (QED) is 0.494. The molecule has 1 N–H and O–H groups in total. The van der Waals surface area contributed by atoms with Crippen LogP contribution < -0.4 is 5.32 Å². The Balaban J connectivity index is 1.98. The van der Waals surface area contributed by atoms with Crippen LogP contribution in [0.15, 0.2) is 30.3 Å². The minimum atomic E-state index is 0.747. The fourth-order valence-electron chi connectivity index (χ4n) is 2.13. The second-order valence-corrected chi connectivity index (χ2v) is 5.28. The van der Waals surface area contributed by atoms with Gasteiger partial charge in [-0.3, -0.25) is 0 Å². The highest BCUT2D eigenvalue weighted by atomic mass is 35.5. The Bertz CT molecular complexity index is 286. The summed E-state index contributed by atoms with van der Waals surface area (Å²) in [5.41, 5.74) is 1.45. The summed E-state index contributed by atoms with van der Waals surface area (Å²) in [5.74, 6) is 1.53. The van der Waals surface area contributed by atoms with Gasteiger partial charge < -0.3 is 5.32 Å². The van der Waals surface area contributed by atoms with Crippen LogP contribution in [0.2, 0.25) is 0 Å². The van der Waals surface area contributed by atoms with Crippen LogP contribution in [0, 0.1) is 5.92 Å². The molecule has 18 heavy (non-hydrogen) atoms. The summed E-state index contributed by atoms with van der Waals surface area (Å²) in [6, 6.07) is 10.7. The smallest absolute Gasteiger partial charge is 0.0226 e. The highest BCUT2D eigenvalue weighted by Gasteiger charge is 2.04. The average Bonchev–Trinajstić information content (AvgIpc) is 2.42. The lowest BCUT2D eigenvalue weighted by atomic mass is 10.0. The Kier molecular flexibility index (Phi) is 8.97. The Morgan fingerprint density at radius 3 is 2.61 bits per heavy atom. The molecule has 0 saturated carbocycles. The molecule has 102 valence electrons. The number of unbranched alkanes of at least 4 members (excludes halogenated alkanes) is 1. The van der Waals surface area contributed by atoms with Crippen molar-refractivity contribution in [3.05, 3.63) is 35.9 Å². The van der Waals surface area contributed by atoms with Crippen LogP contribution in [0.1, 0.15) is 38.2 Å². The van der Waals surface area contributed by atoms with E-state index in [1.165, 1.54) is 31.2 Å². The first-order chi connectivity index (χ1) is 8.86. The van der Waals surface area contributed by atoms with Gasteiger partial charge in [0.1, 0.15) is 0 Å². The van der Waals surface area contributed by atoms with E-state index in [0.717, 1.165) is 31.3 Å². The van der Waals surface area contributed by atoms with Gasteiger partial charge in [-0.1, -0.05) is 43.7 Å². The summed E-state index contributed by atoms with van der Waals surface area (Å²) in [5, 5.41) is 3.55. The summed E-state index contributed by atoms with van der Waals surface area (Å²) >= 11 is 5.78. The second-order valence-electron chi connectivity index (χ2n) is 4.90. The molecule has 0 aliphatic rings. The van der Waals surface area contributed by atoms with Gasteiger partial charge in [-0.25, -0.2) is 0 Å². The molecule has 0 fully saturated rings. The van der Waals surface area contributed by atoms with Crippen molar-refractivity contribution in [2.24, 2.45) is 5.92 Å². The summed E-state index contributed by atoms with van der Waals surface area (Å²) in [4.78, 5) is 0. The molecule has 0 saturated heterocycles. The fourth-order valence-corrected chi connectivity index (χ4v) is 2.44. The molecule has 0 radical (unpaired) electrons. The van der Waals surface area contributed by atoms with Crippen LogP contribution in [0.4, 0.5) is 0 Å². The van der Waals surface area contributed by atoms with Crippen molar-refractivity contribution in [2.75, 3.05) is 19.0 Å². The van der Waals surface area contributed by atoms with Crippen molar-refractivity contribution in [1.29, 1.82) is 0 Å². The zero-order chi connectivity index (χ0) is 13.1. The number of aryl methyl sites for hydroxylation is 1. The topological polar surface area (TPSA) is 12.0 Å². The molecule has 0 amide bonds.